The van der Waals surface area contributed by atoms with Crippen LogP contribution in [0.5, 0.6) is 0 Å². The molecule has 0 saturated carbocycles. The Bertz CT molecular complexity index is 169. The molecule has 0 aliphatic carbocycles. The fourth-order valence-corrected chi connectivity index (χ4v) is 1.26. The Balaban J connectivity index is 3.96. The van der Waals surface area contributed by atoms with Gasteiger partial charge in [-0.2, -0.15) is 0 Å². The molecule has 0 saturated heterocycles. The summed E-state index contributed by atoms with van der Waals surface area (Å²) in [6.45, 7) is 4.41. The molecule has 5 nitrogen and oxygen atoms in total. The fourth-order valence-electron chi connectivity index (χ4n) is 1.26. The van der Waals surface area contributed by atoms with Gasteiger partial charge in [-0.3, -0.25) is 10.1 Å². The van der Waals surface area contributed by atoms with Crippen LogP contribution in [0.4, 0.5) is 0 Å². The standard InChI is InChI=1S/C10H21NO4/c1-4-15-10(13)8(2)11-9(5-6-12)7-14-3/h8-9,11-12H,4-7H2,1-3H3. The minimum atomic E-state index is -0.378. The molecule has 0 aromatic rings. The van der Waals surface area contributed by atoms with E-state index in [1.54, 1.807) is 21.0 Å². The highest BCUT2D eigenvalue weighted by atomic mass is 16.5. The lowest BCUT2D eigenvalue weighted by atomic mass is 10.2. The number of rotatable bonds is 8. The summed E-state index contributed by atoms with van der Waals surface area (Å²) in [5.41, 5.74) is 0. The summed E-state index contributed by atoms with van der Waals surface area (Å²) in [6.07, 6.45) is 0.553. The van der Waals surface area contributed by atoms with Crippen molar-refractivity contribution in [1.29, 1.82) is 0 Å². The lowest BCUT2D eigenvalue weighted by Crippen LogP contribution is -2.44. The fraction of sp³-hybridized carbons (Fsp3) is 0.900. The van der Waals surface area contributed by atoms with Crippen LogP contribution in [0.25, 0.3) is 0 Å². The Labute approximate surface area is 90.8 Å². The summed E-state index contributed by atoms with van der Waals surface area (Å²) in [7, 11) is 1.58. The van der Waals surface area contributed by atoms with Gasteiger partial charge in [0.05, 0.1) is 13.2 Å². The second kappa shape index (κ2) is 8.64. The molecule has 0 aliphatic rings. The molecule has 0 aromatic carbocycles. The van der Waals surface area contributed by atoms with Crippen LogP contribution in [0.2, 0.25) is 0 Å². The van der Waals surface area contributed by atoms with Gasteiger partial charge in [-0.05, 0) is 20.3 Å². The molecule has 0 radical (unpaired) electrons. The number of nitrogens with one attached hydrogen (secondary N) is 1. The Morgan fingerprint density at radius 2 is 2.20 bits per heavy atom. The van der Waals surface area contributed by atoms with Crippen LogP contribution in [0.1, 0.15) is 20.3 Å². The van der Waals surface area contributed by atoms with E-state index in [1.807, 2.05) is 0 Å². The molecular formula is C10H21NO4. The molecule has 0 spiro atoms. The summed E-state index contributed by atoms with van der Waals surface area (Å²) < 4.78 is 9.83. The van der Waals surface area contributed by atoms with E-state index in [0.29, 0.717) is 19.6 Å². The minimum absolute atomic E-state index is 0.0283. The van der Waals surface area contributed by atoms with Crippen molar-refractivity contribution >= 4 is 5.97 Å². The number of ether oxygens (including phenoxy) is 2. The predicted octanol–water partition coefficient (Wildman–Crippen LogP) is -0.0750. The predicted molar refractivity (Wildman–Crippen MR) is 56.6 cm³/mol. The van der Waals surface area contributed by atoms with Crippen molar-refractivity contribution in [3.8, 4) is 0 Å². The van der Waals surface area contributed by atoms with E-state index in [0.717, 1.165) is 0 Å². The number of carbonyl (C=O) groups is 1. The summed E-state index contributed by atoms with van der Waals surface area (Å²) in [5, 5.41) is 11.9. The molecule has 2 unspecified atom stereocenters. The van der Waals surface area contributed by atoms with Crippen molar-refractivity contribution in [1.82, 2.24) is 5.32 Å². The number of methoxy groups -OCH3 is 1. The van der Waals surface area contributed by atoms with Gasteiger partial charge in [-0.15, -0.1) is 0 Å². The largest absolute Gasteiger partial charge is 0.465 e. The Morgan fingerprint density at radius 3 is 2.67 bits per heavy atom. The summed E-state index contributed by atoms with van der Waals surface area (Å²) in [5.74, 6) is -0.281. The lowest BCUT2D eigenvalue weighted by molar-refractivity contribution is -0.145. The normalized spacial score (nSPS) is 14.7. The van der Waals surface area contributed by atoms with Crippen molar-refractivity contribution in [2.24, 2.45) is 0 Å². The Morgan fingerprint density at radius 1 is 1.53 bits per heavy atom. The van der Waals surface area contributed by atoms with Crippen LogP contribution in [0.15, 0.2) is 0 Å². The van der Waals surface area contributed by atoms with Gasteiger partial charge in [0, 0.05) is 19.8 Å². The van der Waals surface area contributed by atoms with Gasteiger partial charge >= 0.3 is 5.97 Å². The van der Waals surface area contributed by atoms with Gasteiger partial charge in [-0.1, -0.05) is 0 Å². The summed E-state index contributed by atoms with van der Waals surface area (Å²) in [6, 6.07) is -0.406. The van der Waals surface area contributed by atoms with E-state index >= 15 is 0 Å². The van der Waals surface area contributed by atoms with Crippen LogP contribution in [-0.2, 0) is 14.3 Å². The average molecular weight is 219 g/mol. The van der Waals surface area contributed by atoms with Crippen LogP contribution in [0, 0.1) is 0 Å². The number of hydrogen-bond acceptors (Lipinski definition) is 5. The molecule has 0 bridgehead atoms. The average Bonchev–Trinajstić information content (AvgIpc) is 2.18. The molecular weight excluding hydrogens is 198 g/mol. The summed E-state index contributed by atoms with van der Waals surface area (Å²) in [4.78, 5) is 11.3. The molecule has 0 fully saturated rings. The maximum absolute atomic E-state index is 11.3. The zero-order chi connectivity index (χ0) is 11.7. The Kier molecular flexibility index (Phi) is 8.27. The smallest absolute Gasteiger partial charge is 0.322 e. The van der Waals surface area contributed by atoms with Gasteiger partial charge in [0.1, 0.15) is 6.04 Å². The quantitative estimate of drug-likeness (QED) is 0.559. The molecule has 5 heteroatoms. The third-order valence-electron chi connectivity index (χ3n) is 1.97. The van der Waals surface area contributed by atoms with E-state index in [-0.39, 0.29) is 24.7 Å². The lowest BCUT2D eigenvalue weighted by Gasteiger charge is -2.20. The van der Waals surface area contributed by atoms with E-state index < -0.39 is 0 Å². The number of aliphatic hydroxyl groups is 1. The zero-order valence-corrected chi connectivity index (χ0v) is 9.66. The SMILES string of the molecule is CCOC(=O)C(C)NC(CCO)COC. The first-order chi connectivity index (χ1) is 7.15. The second-order valence-corrected chi connectivity index (χ2v) is 3.30. The maximum Gasteiger partial charge on any atom is 0.322 e. The zero-order valence-electron chi connectivity index (χ0n) is 9.66. The van der Waals surface area contributed by atoms with Crippen LogP contribution in [-0.4, -0.2) is 50.1 Å². The van der Waals surface area contributed by atoms with Crippen molar-refractivity contribution < 1.29 is 19.4 Å². The van der Waals surface area contributed by atoms with E-state index in [9.17, 15) is 4.79 Å². The van der Waals surface area contributed by atoms with Gasteiger partial charge < -0.3 is 14.6 Å². The molecule has 2 atom stereocenters. The highest BCUT2D eigenvalue weighted by Gasteiger charge is 2.18. The highest BCUT2D eigenvalue weighted by molar-refractivity contribution is 5.75. The van der Waals surface area contributed by atoms with E-state index in [2.05, 4.69) is 5.32 Å². The number of carbonyl (C=O) groups excluding carboxylic acids is 1. The van der Waals surface area contributed by atoms with Gasteiger partial charge in [0.2, 0.25) is 0 Å². The molecule has 0 rings (SSSR count). The molecule has 0 aromatic heterocycles. The maximum atomic E-state index is 11.3. The Hall–Kier alpha value is -0.650. The first-order valence-corrected chi connectivity index (χ1v) is 5.18. The topological polar surface area (TPSA) is 67.8 Å². The van der Waals surface area contributed by atoms with Crippen molar-refractivity contribution in [2.45, 2.75) is 32.4 Å². The second-order valence-electron chi connectivity index (χ2n) is 3.30. The molecule has 2 N–H and O–H groups in total. The summed E-state index contributed by atoms with van der Waals surface area (Å²) >= 11 is 0. The molecule has 15 heavy (non-hydrogen) atoms. The molecule has 0 heterocycles. The van der Waals surface area contributed by atoms with Gasteiger partial charge in [0.15, 0.2) is 0 Å². The molecule has 90 valence electrons. The third-order valence-corrected chi connectivity index (χ3v) is 1.97. The number of aliphatic hydroxyl groups excluding tert-OH is 1. The van der Waals surface area contributed by atoms with Crippen LogP contribution >= 0.6 is 0 Å². The third kappa shape index (κ3) is 6.43. The van der Waals surface area contributed by atoms with Crippen molar-refractivity contribution in [3.05, 3.63) is 0 Å². The van der Waals surface area contributed by atoms with Gasteiger partial charge in [-0.25, -0.2) is 0 Å². The molecule has 0 amide bonds. The number of esters is 1. The number of hydrogen-bond donors (Lipinski definition) is 2. The molecule has 0 aliphatic heterocycles. The van der Waals surface area contributed by atoms with E-state index in [1.165, 1.54) is 0 Å². The first-order valence-electron chi connectivity index (χ1n) is 5.18. The monoisotopic (exact) mass is 219 g/mol. The van der Waals surface area contributed by atoms with Crippen LogP contribution in [0.3, 0.4) is 0 Å². The minimum Gasteiger partial charge on any atom is -0.465 e. The van der Waals surface area contributed by atoms with Crippen molar-refractivity contribution in [3.63, 3.8) is 0 Å². The van der Waals surface area contributed by atoms with E-state index in [4.69, 9.17) is 14.6 Å². The van der Waals surface area contributed by atoms with Crippen LogP contribution < -0.4 is 5.32 Å². The first kappa shape index (κ1) is 14.3. The van der Waals surface area contributed by atoms with Crippen molar-refractivity contribution in [2.75, 3.05) is 26.9 Å². The highest BCUT2D eigenvalue weighted by Crippen LogP contribution is 1.96. The van der Waals surface area contributed by atoms with Gasteiger partial charge in [0.25, 0.3) is 0 Å².